The van der Waals surface area contributed by atoms with Crippen LogP contribution >= 0.6 is 0 Å². The molecule has 4 aliphatic rings. The molecule has 4 rings (SSSR count). The van der Waals surface area contributed by atoms with E-state index < -0.39 is 0 Å². The molecule has 4 nitrogen and oxygen atoms in total. The maximum Gasteiger partial charge on any atom is 0.0153 e. The molecule has 0 bridgehead atoms. The Labute approximate surface area is 231 Å². The summed E-state index contributed by atoms with van der Waals surface area (Å²) < 4.78 is 0. The van der Waals surface area contributed by atoms with Gasteiger partial charge in [0.2, 0.25) is 0 Å². The van der Waals surface area contributed by atoms with Gasteiger partial charge in [0.05, 0.1) is 0 Å². The molecule has 4 saturated heterocycles. The molecule has 4 heterocycles. The van der Waals surface area contributed by atoms with E-state index in [1.165, 1.54) is 97.4 Å². The Bertz CT molecular complexity index is 744. The van der Waals surface area contributed by atoms with Crippen LogP contribution in [0.2, 0.25) is 0 Å². The summed E-state index contributed by atoms with van der Waals surface area (Å²) in [6, 6.07) is 0. The van der Waals surface area contributed by atoms with Crippen molar-refractivity contribution in [2.75, 3.05) is 58.9 Å². The Balaban J connectivity index is 1.27. The van der Waals surface area contributed by atoms with E-state index >= 15 is 0 Å². The van der Waals surface area contributed by atoms with Crippen LogP contribution in [-0.2, 0) is 0 Å². The molecule has 0 N–H and O–H groups in total. The lowest BCUT2D eigenvalue weighted by Crippen LogP contribution is -2.58. The van der Waals surface area contributed by atoms with E-state index in [1.54, 1.807) is 0 Å². The van der Waals surface area contributed by atoms with Crippen LogP contribution < -0.4 is 0 Å². The molecule has 0 aromatic carbocycles. The highest BCUT2D eigenvalue weighted by atomic mass is 15.2. The van der Waals surface area contributed by atoms with Gasteiger partial charge in [-0.15, -0.1) is 0 Å². The normalized spacial score (nSPS) is 32.3. The summed E-state index contributed by atoms with van der Waals surface area (Å²) in [4.78, 5) is 11.2. The second-order valence-corrected chi connectivity index (χ2v) is 17.1. The molecule has 0 saturated carbocycles. The van der Waals surface area contributed by atoms with Gasteiger partial charge in [-0.2, -0.15) is 0 Å². The Morgan fingerprint density at radius 1 is 0.486 bits per heavy atom. The monoisotopic (exact) mass is 517 g/mol. The highest BCUT2D eigenvalue weighted by molar-refractivity contribution is 4.96. The van der Waals surface area contributed by atoms with Crippen molar-refractivity contribution < 1.29 is 0 Å². The number of hydrogen-bond donors (Lipinski definition) is 0. The summed E-state index contributed by atoms with van der Waals surface area (Å²) in [6.07, 6.45) is 8.31. The van der Waals surface area contributed by atoms with Crippen molar-refractivity contribution >= 4 is 0 Å². The third-order valence-corrected chi connectivity index (χ3v) is 11.1. The predicted octanol–water partition coefficient (Wildman–Crippen LogP) is 6.46. The summed E-state index contributed by atoms with van der Waals surface area (Å²) in [5.74, 6) is 3.66. The van der Waals surface area contributed by atoms with E-state index in [2.05, 4.69) is 88.8 Å². The molecule has 0 radical (unpaired) electrons. The standard InChI is InChI=1S/C33H64N4/c1-30(2,3)35-18-12-26-11-17-34(21-28(26)22-35)25-32(7,8)15-16-33(9,10)37-20-14-27-13-19-36(31(4,5)6)23-29(27)24-37/h26-29H,11-25H2,1-10H3. The fraction of sp³-hybridized carbons (Fsp3) is 1.00. The van der Waals surface area contributed by atoms with Crippen LogP contribution in [0.1, 0.15) is 108 Å². The molecule has 0 spiro atoms. The van der Waals surface area contributed by atoms with Crippen LogP contribution in [0.5, 0.6) is 0 Å². The molecule has 0 amide bonds. The molecule has 4 atom stereocenters. The van der Waals surface area contributed by atoms with Gasteiger partial charge < -0.3 is 4.90 Å². The average Bonchev–Trinajstić information content (AvgIpc) is 2.80. The smallest absolute Gasteiger partial charge is 0.0153 e. The topological polar surface area (TPSA) is 13.0 Å². The lowest BCUT2D eigenvalue weighted by Gasteiger charge is -2.52. The lowest BCUT2D eigenvalue weighted by atomic mass is 9.75. The molecule has 4 fully saturated rings. The van der Waals surface area contributed by atoms with Crippen molar-refractivity contribution in [3.05, 3.63) is 0 Å². The van der Waals surface area contributed by atoms with E-state index in [9.17, 15) is 0 Å². The number of hydrogen-bond acceptors (Lipinski definition) is 4. The van der Waals surface area contributed by atoms with Gasteiger partial charge in [0.25, 0.3) is 0 Å². The van der Waals surface area contributed by atoms with Gasteiger partial charge in [0.15, 0.2) is 0 Å². The lowest BCUT2D eigenvalue weighted by molar-refractivity contribution is -0.0316. The SMILES string of the molecule is CC(C)(CCC(C)(C)N1CCC2CCN(C(C)(C)C)CC2C1)CN1CCC2CCN(C(C)(C)C)CC2C1. The first kappa shape index (κ1) is 29.8. The average molecular weight is 517 g/mol. The molecule has 4 aliphatic heterocycles. The minimum absolute atomic E-state index is 0.301. The van der Waals surface area contributed by atoms with Gasteiger partial charge in [-0.25, -0.2) is 0 Å². The van der Waals surface area contributed by atoms with E-state index in [1.807, 2.05) is 0 Å². The molecular weight excluding hydrogens is 452 g/mol. The number of rotatable bonds is 6. The Morgan fingerprint density at radius 2 is 0.919 bits per heavy atom. The first-order valence-electron chi connectivity index (χ1n) is 16.0. The minimum Gasteiger partial charge on any atom is -0.302 e. The van der Waals surface area contributed by atoms with Crippen molar-refractivity contribution in [3.63, 3.8) is 0 Å². The second-order valence-electron chi connectivity index (χ2n) is 17.1. The van der Waals surface area contributed by atoms with Gasteiger partial charge >= 0.3 is 0 Å². The minimum atomic E-state index is 0.301. The number of nitrogens with zero attached hydrogens (tertiary/aromatic N) is 4. The summed E-state index contributed by atoms with van der Waals surface area (Å²) in [7, 11) is 0. The van der Waals surface area contributed by atoms with Gasteiger partial charge in [-0.1, -0.05) is 13.8 Å². The maximum atomic E-state index is 2.88. The van der Waals surface area contributed by atoms with E-state index in [-0.39, 0.29) is 0 Å². The summed E-state index contributed by atoms with van der Waals surface area (Å²) in [6.45, 7) is 36.3. The highest BCUT2D eigenvalue weighted by Gasteiger charge is 2.42. The quantitative estimate of drug-likeness (QED) is 0.402. The molecule has 4 heteroatoms. The van der Waals surface area contributed by atoms with Crippen molar-refractivity contribution in [1.82, 2.24) is 19.6 Å². The summed E-state index contributed by atoms with van der Waals surface area (Å²) in [5.41, 5.74) is 1.31. The zero-order valence-corrected chi connectivity index (χ0v) is 26.7. The van der Waals surface area contributed by atoms with Crippen LogP contribution in [0.4, 0.5) is 0 Å². The fourth-order valence-electron chi connectivity index (χ4n) is 8.20. The Morgan fingerprint density at radius 3 is 1.43 bits per heavy atom. The van der Waals surface area contributed by atoms with E-state index in [4.69, 9.17) is 0 Å². The van der Waals surface area contributed by atoms with Gasteiger partial charge in [0, 0.05) is 49.3 Å². The third-order valence-electron chi connectivity index (χ3n) is 11.1. The first-order valence-corrected chi connectivity index (χ1v) is 16.0. The molecule has 0 aliphatic carbocycles. The van der Waals surface area contributed by atoms with Crippen molar-refractivity contribution in [3.8, 4) is 0 Å². The largest absolute Gasteiger partial charge is 0.302 e. The summed E-state index contributed by atoms with van der Waals surface area (Å²) >= 11 is 0. The van der Waals surface area contributed by atoms with E-state index in [0.717, 1.165) is 23.7 Å². The Hall–Kier alpha value is -0.160. The number of piperidine rings is 4. The highest BCUT2D eigenvalue weighted by Crippen LogP contribution is 2.39. The first-order chi connectivity index (χ1) is 17.0. The van der Waals surface area contributed by atoms with Crippen LogP contribution in [0, 0.1) is 29.1 Å². The van der Waals surface area contributed by atoms with Crippen molar-refractivity contribution in [2.24, 2.45) is 29.1 Å². The van der Waals surface area contributed by atoms with Crippen LogP contribution in [0.25, 0.3) is 0 Å². The van der Waals surface area contributed by atoms with Crippen LogP contribution in [0.3, 0.4) is 0 Å². The third kappa shape index (κ3) is 7.53. The second kappa shape index (κ2) is 11.0. The van der Waals surface area contributed by atoms with Gasteiger partial charge in [0.1, 0.15) is 0 Å². The fourth-order valence-corrected chi connectivity index (χ4v) is 8.20. The maximum absolute atomic E-state index is 2.88. The summed E-state index contributed by atoms with van der Waals surface area (Å²) in [5, 5.41) is 0. The molecular formula is C33H64N4. The molecule has 216 valence electrons. The molecule has 4 unspecified atom stereocenters. The predicted molar refractivity (Wildman–Crippen MR) is 160 cm³/mol. The van der Waals surface area contributed by atoms with E-state index in [0.29, 0.717) is 22.0 Å². The molecule has 37 heavy (non-hydrogen) atoms. The van der Waals surface area contributed by atoms with Crippen molar-refractivity contribution in [2.45, 2.75) is 124 Å². The number of fused-ring (bicyclic) bond motifs is 2. The molecule has 0 aromatic heterocycles. The van der Waals surface area contributed by atoms with Gasteiger partial charge in [-0.05, 0) is 149 Å². The zero-order chi connectivity index (χ0) is 27.2. The zero-order valence-electron chi connectivity index (χ0n) is 26.7. The van der Waals surface area contributed by atoms with Gasteiger partial charge in [-0.3, -0.25) is 14.7 Å². The van der Waals surface area contributed by atoms with Crippen molar-refractivity contribution in [1.29, 1.82) is 0 Å². The molecule has 0 aromatic rings. The Kier molecular flexibility index (Phi) is 8.88. The van der Waals surface area contributed by atoms with Crippen LogP contribution in [-0.4, -0.2) is 95.1 Å². The number of likely N-dealkylation sites (tertiary alicyclic amines) is 4. The van der Waals surface area contributed by atoms with Crippen LogP contribution in [0.15, 0.2) is 0 Å².